The zero-order valence-corrected chi connectivity index (χ0v) is 11.1. The number of aliphatic hydroxyl groups is 1. The van der Waals surface area contributed by atoms with Crippen LogP contribution in [0.4, 0.5) is 5.69 Å². The van der Waals surface area contributed by atoms with Crippen molar-refractivity contribution in [2.24, 2.45) is 0 Å². The number of hydrogen-bond acceptors (Lipinski definition) is 5. The SMILES string of the molecule is O=C(NCCC(O)C(=O)O)c1cc([N+](=O)[O-])cn1C1CC1. The fourth-order valence-corrected chi connectivity index (χ4v) is 1.94. The first-order valence-corrected chi connectivity index (χ1v) is 6.45. The Kier molecular flexibility index (Phi) is 4.22. The molecule has 1 aromatic heterocycles. The Hall–Kier alpha value is -2.42. The first-order chi connectivity index (χ1) is 9.90. The van der Waals surface area contributed by atoms with E-state index in [1.807, 2.05) is 0 Å². The molecule has 1 aliphatic rings. The molecular weight excluding hydrogens is 282 g/mol. The third-order valence-corrected chi connectivity index (χ3v) is 3.21. The number of rotatable bonds is 7. The summed E-state index contributed by atoms with van der Waals surface area (Å²) in [4.78, 5) is 32.6. The quantitative estimate of drug-likeness (QED) is 0.489. The molecule has 1 heterocycles. The summed E-state index contributed by atoms with van der Waals surface area (Å²) >= 11 is 0. The number of nitro groups is 1. The van der Waals surface area contributed by atoms with Crippen molar-refractivity contribution >= 4 is 17.6 Å². The maximum absolute atomic E-state index is 12.0. The third-order valence-electron chi connectivity index (χ3n) is 3.21. The maximum atomic E-state index is 12.0. The van der Waals surface area contributed by atoms with Gasteiger partial charge in [-0.2, -0.15) is 0 Å². The summed E-state index contributed by atoms with van der Waals surface area (Å²) in [5, 5.41) is 30.8. The lowest BCUT2D eigenvalue weighted by Crippen LogP contribution is -2.31. The summed E-state index contributed by atoms with van der Waals surface area (Å²) in [5.74, 6) is -1.88. The molecule has 1 amide bonds. The second-order valence-corrected chi connectivity index (χ2v) is 4.88. The number of aliphatic hydroxyl groups excluding tert-OH is 1. The van der Waals surface area contributed by atoms with E-state index in [4.69, 9.17) is 10.2 Å². The number of nitrogens with one attached hydrogen (secondary N) is 1. The van der Waals surface area contributed by atoms with Crippen molar-refractivity contribution in [3.8, 4) is 0 Å². The van der Waals surface area contributed by atoms with Crippen LogP contribution in [0.5, 0.6) is 0 Å². The molecule has 9 nitrogen and oxygen atoms in total. The highest BCUT2D eigenvalue weighted by Gasteiger charge is 2.30. The number of carbonyl (C=O) groups is 2. The standard InChI is InChI=1S/C12H15N3O6/c16-10(12(18)19)3-4-13-11(17)9-5-8(15(20)21)6-14(9)7-1-2-7/h5-7,10,16H,1-4H2,(H,13,17)(H,18,19). The topological polar surface area (TPSA) is 135 Å². The smallest absolute Gasteiger partial charge is 0.332 e. The molecule has 0 aromatic carbocycles. The summed E-state index contributed by atoms with van der Waals surface area (Å²) in [7, 11) is 0. The molecule has 0 aliphatic heterocycles. The minimum absolute atomic E-state index is 0.0318. The number of carboxylic acid groups (broad SMARTS) is 1. The second-order valence-electron chi connectivity index (χ2n) is 4.88. The molecule has 2 rings (SSSR count). The summed E-state index contributed by atoms with van der Waals surface area (Å²) in [6, 6.07) is 1.30. The molecule has 1 saturated carbocycles. The first-order valence-electron chi connectivity index (χ1n) is 6.45. The minimum atomic E-state index is -1.55. The normalized spacial score (nSPS) is 15.5. The largest absolute Gasteiger partial charge is 0.479 e. The van der Waals surface area contributed by atoms with Crippen LogP contribution >= 0.6 is 0 Å². The molecule has 21 heavy (non-hydrogen) atoms. The molecule has 1 unspecified atom stereocenters. The van der Waals surface area contributed by atoms with Crippen LogP contribution < -0.4 is 5.32 Å². The predicted octanol–water partition coefficient (Wildman–Crippen LogP) is 0.297. The predicted molar refractivity (Wildman–Crippen MR) is 70.0 cm³/mol. The van der Waals surface area contributed by atoms with Crippen molar-refractivity contribution in [1.29, 1.82) is 0 Å². The Labute approximate surface area is 119 Å². The number of carbonyl (C=O) groups excluding carboxylic acids is 1. The monoisotopic (exact) mass is 297 g/mol. The first kappa shape index (κ1) is 15.0. The number of amides is 1. The van der Waals surface area contributed by atoms with E-state index in [-0.39, 0.29) is 30.4 Å². The van der Waals surface area contributed by atoms with Crippen LogP contribution in [0, 0.1) is 10.1 Å². The number of hydrogen-bond donors (Lipinski definition) is 3. The summed E-state index contributed by atoms with van der Waals surface area (Å²) in [6.45, 7) is -0.0318. The van der Waals surface area contributed by atoms with Gasteiger partial charge in [0.1, 0.15) is 5.69 Å². The van der Waals surface area contributed by atoms with Crippen molar-refractivity contribution in [3.63, 3.8) is 0 Å². The van der Waals surface area contributed by atoms with E-state index < -0.39 is 22.9 Å². The lowest BCUT2D eigenvalue weighted by Gasteiger charge is -2.09. The molecule has 0 saturated heterocycles. The average Bonchev–Trinajstić information content (AvgIpc) is 3.16. The number of carboxylic acids is 1. The molecule has 1 aromatic rings. The Morgan fingerprint density at radius 3 is 2.71 bits per heavy atom. The lowest BCUT2D eigenvalue weighted by atomic mass is 10.2. The van der Waals surface area contributed by atoms with Gasteiger partial charge in [0.05, 0.1) is 11.1 Å². The third kappa shape index (κ3) is 3.57. The summed E-state index contributed by atoms with van der Waals surface area (Å²) in [6.07, 6.45) is 1.38. The van der Waals surface area contributed by atoms with Gasteiger partial charge in [-0.05, 0) is 12.8 Å². The summed E-state index contributed by atoms with van der Waals surface area (Å²) in [5.41, 5.74) is 0.0200. The molecule has 0 radical (unpaired) electrons. The molecule has 1 aliphatic carbocycles. The van der Waals surface area contributed by atoms with E-state index in [1.165, 1.54) is 12.3 Å². The molecule has 0 spiro atoms. The van der Waals surface area contributed by atoms with Crippen LogP contribution in [0.2, 0.25) is 0 Å². The number of aromatic nitrogens is 1. The van der Waals surface area contributed by atoms with Gasteiger partial charge in [0.25, 0.3) is 11.6 Å². The molecular formula is C12H15N3O6. The van der Waals surface area contributed by atoms with Gasteiger partial charge >= 0.3 is 5.97 Å². The average molecular weight is 297 g/mol. The van der Waals surface area contributed by atoms with Crippen LogP contribution in [0.25, 0.3) is 0 Å². The van der Waals surface area contributed by atoms with Crippen molar-refractivity contribution < 1.29 is 24.7 Å². The van der Waals surface area contributed by atoms with E-state index in [0.717, 1.165) is 12.8 Å². The second kappa shape index (κ2) is 5.92. The van der Waals surface area contributed by atoms with Crippen molar-refractivity contribution in [2.75, 3.05) is 6.54 Å². The Morgan fingerprint density at radius 2 is 2.19 bits per heavy atom. The highest BCUT2D eigenvalue weighted by molar-refractivity contribution is 5.93. The van der Waals surface area contributed by atoms with Gasteiger partial charge in [0.2, 0.25) is 0 Å². The van der Waals surface area contributed by atoms with Gasteiger partial charge in [-0.15, -0.1) is 0 Å². The van der Waals surface area contributed by atoms with Gasteiger partial charge in [0, 0.05) is 25.1 Å². The lowest BCUT2D eigenvalue weighted by molar-refractivity contribution is -0.384. The van der Waals surface area contributed by atoms with Crippen molar-refractivity contribution in [1.82, 2.24) is 9.88 Å². The van der Waals surface area contributed by atoms with E-state index in [9.17, 15) is 19.7 Å². The van der Waals surface area contributed by atoms with Crippen molar-refractivity contribution in [3.05, 3.63) is 28.1 Å². The van der Waals surface area contributed by atoms with Gasteiger partial charge in [-0.25, -0.2) is 4.79 Å². The molecule has 0 bridgehead atoms. The van der Waals surface area contributed by atoms with Crippen LogP contribution in [-0.4, -0.2) is 44.2 Å². The fourth-order valence-electron chi connectivity index (χ4n) is 1.94. The molecule has 9 heteroatoms. The van der Waals surface area contributed by atoms with E-state index >= 15 is 0 Å². The van der Waals surface area contributed by atoms with E-state index in [1.54, 1.807) is 4.57 Å². The van der Waals surface area contributed by atoms with Gasteiger partial charge < -0.3 is 20.1 Å². The highest BCUT2D eigenvalue weighted by atomic mass is 16.6. The molecule has 3 N–H and O–H groups in total. The fraction of sp³-hybridized carbons (Fsp3) is 0.500. The van der Waals surface area contributed by atoms with Gasteiger partial charge in [-0.1, -0.05) is 0 Å². The van der Waals surface area contributed by atoms with E-state index in [0.29, 0.717) is 0 Å². The molecule has 114 valence electrons. The van der Waals surface area contributed by atoms with Crippen molar-refractivity contribution in [2.45, 2.75) is 31.4 Å². The Balaban J connectivity index is 2.01. The molecule has 1 atom stereocenters. The Bertz CT molecular complexity index is 578. The van der Waals surface area contributed by atoms with Gasteiger partial charge in [0.15, 0.2) is 6.10 Å². The molecule has 1 fully saturated rings. The zero-order chi connectivity index (χ0) is 15.6. The number of nitrogens with zero attached hydrogens (tertiary/aromatic N) is 2. The van der Waals surface area contributed by atoms with Crippen LogP contribution in [-0.2, 0) is 4.79 Å². The van der Waals surface area contributed by atoms with Crippen LogP contribution in [0.15, 0.2) is 12.3 Å². The minimum Gasteiger partial charge on any atom is -0.479 e. The number of aliphatic carboxylic acids is 1. The van der Waals surface area contributed by atoms with Crippen LogP contribution in [0.3, 0.4) is 0 Å². The maximum Gasteiger partial charge on any atom is 0.332 e. The summed E-state index contributed by atoms with van der Waals surface area (Å²) < 4.78 is 1.57. The van der Waals surface area contributed by atoms with Crippen LogP contribution in [0.1, 0.15) is 35.8 Å². The highest BCUT2D eigenvalue weighted by Crippen LogP contribution is 2.37. The van der Waals surface area contributed by atoms with E-state index in [2.05, 4.69) is 5.32 Å². The van der Waals surface area contributed by atoms with Gasteiger partial charge in [-0.3, -0.25) is 14.9 Å². The Morgan fingerprint density at radius 1 is 1.52 bits per heavy atom. The zero-order valence-electron chi connectivity index (χ0n) is 11.1.